The number of ether oxygens (including phenoxy) is 2. The zero-order valence-corrected chi connectivity index (χ0v) is 11.8. The SMILES string of the molecule is CCc1c(C(=O)OC)nnn1Cc1ccccc1OC. The van der Waals surface area contributed by atoms with Gasteiger partial charge in [0, 0.05) is 5.56 Å². The first-order chi connectivity index (χ1) is 9.71. The third-order valence-electron chi connectivity index (χ3n) is 3.06. The maximum absolute atomic E-state index is 11.6. The summed E-state index contributed by atoms with van der Waals surface area (Å²) >= 11 is 0. The Morgan fingerprint density at radius 2 is 2.05 bits per heavy atom. The number of hydrogen-bond donors (Lipinski definition) is 0. The Bertz CT molecular complexity index is 607. The molecule has 0 unspecified atom stereocenters. The van der Waals surface area contributed by atoms with Crippen LogP contribution in [0.3, 0.4) is 0 Å². The molecule has 20 heavy (non-hydrogen) atoms. The van der Waals surface area contributed by atoms with E-state index in [9.17, 15) is 4.79 Å². The average molecular weight is 275 g/mol. The zero-order chi connectivity index (χ0) is 14.5. The lowest BCUT2D eigenvalue weighted by Gasteiger charge is -2.09. The Balaban J connectivity index is 2.34. The molecule has 0 atom stereocenters. The second-order valence-corrected chi connectivity index (χ2v) is 4.20. The second-order valence-electron chi connectivity index (χ2n) is 4.20. The monoisotopic (exact) mass is 275 g/mol. The molecular formula is C14H17N3O3. The van der Waals surface area contributed by atoms with Crippen molar-refractivity contribution < 1.29 is 14.3 Å². The lowest BCUT2D eigenvalue weighted by Crippen LogP contribution is -2.10. The van der Waals surface area contributed by atoms with Gasteiger partial charge >= 0.3 is 5.97 Å². The van der Waals surface area contributed by atoms with Crippen LogP contribution in [0.2, 0.25) is 0 Å². The molecule has 6 heteroatoms. The van der Waals surface area contributed by atoms with Gasteiger partial charge in [-0.3, -0.25) is 0 Å². The van der Waals surface area contributed by atoms with Crippen LogP contribution in [0, 0.1) is 0 Å². The van der Waals surface area contributed by atoms with Gasteiger partial charge in [0.15, 0.2) is 5.69 Å². The number of methoxy groups -OCH3 is 2. The van der Waals surface area contributed by atoms with Crippen LogP contribution in [0.25, 0.3) is 0 Å². The molecule has 0 bridgehead atoms. The van der Waals surface area contributed by atoms with Crippen LogP contribution in [0.1, 0.15) is 28.7 Å². The maximum Gasteiger partial charge on any atom is 0.360 e. The van der Waals surface area contributed by atoms with Crippen LogP contribution in [-0.4, -0.2) is 35.2 Å². The van der Waals surface area contributed by atoms with Gasteiger partial charge in [-0.2, -0.15) is 0 Å². The number of carbonyl (C=O) groups is 1. The molecule has 0 fully saturated rings. The van der Waals surface area contributed by atoms with Crippen molar-refractivity contribution in [3.8, 4) is 5.75 Å². The predicted octanol–water partition coefficient (Wildman–Crippen LogP) is 1.68. The summed E-state index contributed by atoms with van der Waals surface area (Å²) in [5.41, 5.74) is 2.00. The fourth-order valence-corrected chi connectivity index (χ4v) is 2.06. The molecule has 0 aliphatic heterocycles. The van der Waals surface area contributed by atoms with Crippen molar-refractivity contribution in [2.45, 2.75) is 19.9 Å². The fraction of sp³-hybridized carbons (Fsp3) is 0.357. The maximum atomic E-state index is 11.6. The molecule has 2 rings (SSSR count). The lowest BCUT2D eigenvalue weighted by molar-refractivity contribution is 0.0592. The quantitative estimate of drug-likeness (QED) is 0.777. The Labute approximate surface area is 117 Å². The summed E-state index contributed by atoms with van der Waals surface area (Å²) < 4.78 is 11.7. The minimum absolute atomic E-state index is 0.268. The summed E-state index contributed by atoms with van der Waals surface area (Å²) in [4.78, 5) is 11.6. The highest BCUT2D eigenvalue weighted by Gasteiger charge is 2.19. The molecule has 0 N–H and O–H groups in total. The van der Waals surface area contributed by atoms with E-state index in [4.69, 9.17) is 9.47 Å². The molecule has 0 aliphatic carbocycles. The van der Waals surface area contributed by atoms with Gasteiger partial charge in [0.25, 0.3) is 0 Å². The van der Waals surface area contributed by atoms with Crippen molar-refractivity contribution in [1.29, 1.82) is 0 Å². The van der Waals surface area contributed by atoms with E-state index in [1.165, 1.54) is 7.11 Å². The molecular weight excluding hydrogens is 258 g/mol. The van der Waals surface area contributed by atoms with Crippen LogP contribution < -0.4 is 4.74 Å². The van der Waals surface area contributed by atoms with Gasteiger partial charge < -0.3 is 9.47 Å². The molecule has 1 aromatic heterocycles. The molecule has 1 heterocycles. The summed E-state index contributed by atoms with van der Waals surface area (Å²) in [6.45, 7) is 2.45. The number of benzene rings is 1. The Morgan fingerprint density at radius 3 is 2.70 bits per heavy atom. The molecule has 2 aromatic rings. The van der Waals surface area contributed by atoms with Gasteiger partial charge in [0.05, 0.1) is 26.5 Å². The molecule has 6 nitrogen and oxygen atoms in total. The van der Waals surface area contributed by atoms with Crippen LogP contribution in [0.4, 0.5) is 0 Å². The van der Waals surface area contributed by atoms with Crippen LogP contribution in [-0.2, 0) is 17.7 Å². The number of carbonyl (C=O) groups excluding carboxylic acids is 1. The molecule has 0 spiro atoms. The van der Waals surface area contributed by atoms with Crippen LogP contribution in [0.5, 0.6) is 5.75 Å². The number of rotatable bonds is 5. The smallest absolute Gasteiger partial charge is 0.360 e. The van der Waals surface area contributed by atoms with Gasteiger partial charge in [0.1, 0.15) is 5.75 Å². The van der Waals surface area contributed by atoms with Crippen molar-refractivity contribution in [2.24, 2.45) is 0 Å². The lowest BCUT2D eigenvalue weighted by atomic mass is 10.2. The average Bonchev–Trinajstić information content (AvgIpc) is 2.89. The Hall–Kier alpha value is -2.37. The van der Waals surface area contributed by atoms with E-state index in [0.717, 1.165) is 17.0 Å². The fourth-order valence-electron chi connectivity index (χ4n) is 2.06. The standard InChI is InChI=1S/C14H17N3O3/c1-4-11-13(14(18)20-3)15-16-17(11)9-10-7-5-6-8-12(10)19-2/h5-8H,4,9H2,1-3H3. The molecule has 106 valence electrons. The normalized spacial score (nSPS) is 10.3. The molecule has 1 aromatic carbocycles. The van der Waals surface area contributed by atoms with Crippen molar-refractivity contribution >= 4 is 5.97 Å². The number of hydrogen-bond acceptors (Lipinski definition) is 5. The van der Waals surface area contributed by atoms with Crippen molar-refractivity contribution in [3.63, 3.8) is 0 Å². The first kappa shape index (κ1) is 14.0. The summed E-state index contributed by atoms with van der Waals surface area (Å²) in [6, 6.07) is 7.68. The second kappa shape index (κ2) is 6.18. The van der Waals surface area contributed by atoms with Crippen molar-refractivity contribution in [2.75, 3.05) is 14.2 Å². The summed E-state index contributed by atoms with van der Waals surface area (Å²) in [5, 5.41) is 7.94. The minimum atomic E-state index is -0.465. The summed E-state index contributed by atoms with van der Waals surface area (Å²) in [5.74, 6) is 0.317. The highest BCUT2D eigenvalue weighted by atomic mass is 16.5. The van der Waals surface area contributed by atoms with E-state index in [-0.39, 0.29) is 5.69 Å². The summed E-state index contributed by atoms with van der Waals surface area (Å²) in [7, 11) is 2.96. The van der Waals surface area contributed by atoms with E-state index in [2.05, 4.69) is 10.3 Å². The van der Waals surface area contributed by atoms with E-state index >= 15 is 0 Å². The van der Waals surface area contributed by atoms with E-state index < -0.39 is 5.97 Å². The Kier molecular flexibility index (Phi) is 4.34. The first-order valence-corrected chi connectivity index (χ1v) is 6.33. The minimum Gasteiger partial charge on any atom is -0.496 e. The number of nitrogens with zero attached hydrogens (tertiary/aromatic N) is 3. The van der Waals surface area contributed by atoms with Crippen molar-refractivity contribution in [1.82, 2.24) is 15.0 Å². The van der Waals surface area contributed by atoms with E-state index in [1.54, 1.807) is 11.8 Å². The van der Waals surface area contributed by atoms with Crippen LogP contribution >= 0.6 is 0 Å². The highest BCUT2D eigenvalue weighted by Crippen LogP contribution is 2.19. The molecule has 0 saturated carbocycles. The number of esters is 1. The molecule has 0 saturated heterocycles. The van der Waals surface area contributed by atoms with Gasteiger partial charge in [-0.25, -0.2) is 9.48 Å². The topological polar surface area (TPSA) is 66.2 Å². The van der Waals surface area contributed by atoms with Gasteiger partial charge in [0.2, 0.25) is 0 Å². The third kappa shape index (κ3) is 2.64. The van der Waals surface area contributed by atoms with E-state index in [1.807, 2.05) is 31.2 Å². The molecule has 0 aliphatic rings. The van der Waals surface area contributed by atoms with Crippen LogP contribution in [0.15, 0.2) is 24.3 Å². The molecule has 0 radical (unpaired) electrons. The van der Waals surface area contributed by atoms with Gasteiger partial charge in [-0.15, -0.1) is 5.10 Å². The largest absolute Gasteiger partial charge is 0.496 e. The van der Waals surface area contributed by atoms with Gasteiger partial charge in [-0.05, 0) is 12.5 Å². The predicted molar refractivity (Wildman–Crippen MR) is 72.8 cm³/mol. The third-order valence-corrected chi connectivity index (χ3v) is 3.06. The number of para-hydroxylation sites is 1. The first-order valence-electron chi connectivity index (χ1n) is 6.33. The highest BCUT2D eigenvalue weighted by molar-refractivity contribution is 5.88. The Morgan fingerprint density at radius 1 is 1.30 bits per heavy atom. The van der Waals surface area contributed by atoms with Gasteiger partial charge in [-0.1, -0.05) is 30.3 Å². The number of aromatic nitrogens is 3. The zero-order valence-electron chi connectivity index (χ0n) is 11.8. The molecule has 0 amide bonds. The summed E-state index contributed by atoms with van der Waals surface area (Å²) in [6.07, 6.45) is 0.645. The van der Waals surface area contributed by atoms with Crippen molar-refractivity contribution in [3.05, 3.63) is 41.2 Å². The van der Waals surface area contributed by atoms with E-state index in [0.29, 0.717) is 13.0 Å².